The Hall–Kier alpha value is -1.30. The van der Waals surface area contributed by atoms with Crippen molar-refractivity contribution in [1.29, 1.82) is 0 Å². The average Bonchev–Trinajstić information content (AvgIpc) is 2.37. The van der Waals surface area contributed by atoms with E-state index in [1.165, 1.54) is 13.0 Å². The third kappa shape index (κ3) is 3.09. The average molecular weight is 219 g/mol. The van der Waals surface area contributed by atoms with Crippen molar-refractivity contribution in [2.45, 2.75) is 13.3 Å². The topological polar surface area (TPSA) is 46.6 Å². The summed E-state index contributed by atoms with van der Waals surface area (Å²) < 4.78 is 27.9. The number of amides is 2. The molecule has 0 unspecified atom stereocenters. The lowest BCUT2D eigenvalue weighted by Gasteiger charge is -2.13. The Bertz CT molecular complexity index is 302. The smallest absolute Gasteiger partial charge is 0.261 e. The summed E-state index contributed by atoms with van der Waals surface area (Å²) in [6.45, 7) is 0.796. The fourth-order valence-corrected chi connectivity index (χ4v) is 1.18. The highest BCUT2D eigenvalue weighted by Crippen LogP contribution is 2.11. The lowest BCUT2D eigenvalue weighted by molar-refractivity contribution is -0.138. The summed E-state index contributed by atoms with van der Waals surface area (Å²) in [6, 6.07) is 0. The fraction of sp³-hybridized carbons (Fsp3) is 0.556. The molecule has 84 valence electrons. The zero-order chi connectivity index (χ0) is 11.4. The summed E-state index contributed by atoms with van der Waals surface area (Å²) in [7, 11) is 0. The second-order valence-corrected chi connectivity index (χ2v) is 3.09. The molecule has 1 heterocycles. The molecule has 0 aromatic rings. The second-order valence-electron chi connectivity index (χ2n) is 3.09. The minimum absolute atomic E-state index is 0.0121. The van der Waals surface area contributed by atoms with Gasteiger partial charge in [-0.2, -0.15) is 0 Å². The van der Waals surface area contributed by atoms with E-state index < -0.39 is 18.9 Å². The molecule has 1 aliphatic rings. The van der Waals surface area contributed by atoms with E-state index in [0.29, 0.717) is 5.57 Å². The van der Waals surface area contributed by atoms with Crippen LogP contribution in [-0.4, -0.2) is 42.9 Å². The van der Waals surface area contributed by atoms with Gasteiger partial charge in [-0.25, -0.2) is 8.78 Å². The van der Waals surface area contributed by atoms with E-state index >= 15 is 0 Å². The Morgan fingerprint density at radius 2 is 2.13 bits per heavy atom. The molecule has 15 heavy (non-hydrogen) atoms. The molecule has 0 saturated heterocycles. The van der Waals surface area contributed by atoms with Crippen molar-refractivity contribution in [2.75, 3.05) is 19.8 Å². The van der Waals surface area contributed by atoms with Crippen LogP contribution in [0.2, 0.25) is 0 Å². The lowest BCUT2D eigenvalue weighted by atomic mass is 10.3. The van der Waals surface area contributed by atoms with Gasteiger partial charge in [0.15, 0.2) is 0 Å². The third-order valence-corrected chi connectivity index (χ3v) is 1.89. The highest BCUT2D eigenvalue weighted by atomic mass is 19.3. The SMILES string of the molecule is CC1=CC(=O)N(CCOCC(F)F)C1=O. The Kier molecular flexibility index (Phi) is 3.90. The van der Waals surface area contributed by atoms with Crippen molar-refractivity contribution in [3.05, 3.63) is 11.6 Å². The molecule has 1 aliphatic heterocycles. The molecule has 0 spiro atoms. The number of nitrogens with zero attached hydrogens (tertiary/aromatic N) is 1. The molecule has 0 radical (unpaired) electrons. The summed E-state index contributed by atoms with van der Waals surface area (Å²) in [4.78, 5) is 23.4. The van der Waals surface area contributed by atoms with Gasteiger partial charge in [0, 0.05) is 11.6 Å². The Morgan fingerprint density at radius 1 is 1.47 bits per heavy atom. The predicted molar refractivity (Wildman–Crippen MR) is 47.3 cm³/mol. The number of halogens is 2. The molecule has 1 rings (SSSR count). The minimum Gasteiger partial charge on any atom is -0.374 e. The highest BCUT2D eigenvalue weighted by Gasteiger charge is 2.27. The van der Waals surface area contributed by atoms with Crippen molar-refractivity contribution in [1.82, 2.24) is 4.90 Å². The molecule has 2 amide bonds. The monoisotopic (exact) mass is 219 g/mol. The number of hydrogen-bond donors (Lipinski definition) is 0. The molecule has 0 bridgehead atoms. The molecule has 0 aliphatic carbocycles. The van der Waals surface area contributed by atoms with E-state index in [1.54, 1.807) is 0 Å². The number of carbonyl (C=O) groups is 2. The van der Waals surface area contributed by atoms with Gasteiger partial charge in [0.2, 0.25) is 0 Å². The van der Waals surface area contributed by atoms with Crippen LogP contribution in [0.15, 0.2) is 11.6 Å². The molecule has 0 N–H and O–H groups in total. The summed E-state index contributed by atoms with van der Waals surface area (Å²) in [5.41, 5.74) is 0.355. The van der Waals surface area contributed by atoms with Gasteiger partial charge in [-0.05, 0) is 6.92 Å². The van der Waals surface area contributed by atoms with Gasteiger partial charge in [-0.3, -0.25) is 14.5 Å². The zero-order valence-corrected chi connectivity index (χ0v) is 8.20. The minimum atomic E-state index is -2.53. The maximum absolute atomic E-state index is 11.7. The zero-order valence-electron chi connectivity index (χ0n) is 8.20. The number of imide groups is 1. The molecule has 0 aromatic carbocycles. The molecule has 0 atom stereocenters. The maximum Gasteiger partial charge on any atom is 0.261 e. The van der Waals surface area contributed by atoms with Crippen LogP contribution >= 0.6 is 0 Å². The number of alkyl halides is 2. The highest BCUT2D eigenvalue weighted by molar-refractivity contribution is 6.15. The molecule has 0 aromatic heterocycles. The van der Waals surface area contributed by atoms with Crippen molar-refractivity contribution in [3.8, 4) is 0 Å². The third-order valence-electron chi connectivity index (χ3n) is 1.89. The van der Waals surface area contributed by atoms with Crippen LogP contribution in [0.1, 0.15) is 6.92 Å². The van der Waals surface area contributed by atoms with Crippen LogP contribution in [0.5, 0.6) is 0 Å². The number of hydrogen-bond acceptors (Lipinski definition) is 3. The largest absolute Gasteiger partial charge is 0.374 e. The van der Waals surface area contributed by atoms with Gasteiger partial charge in [-0.15, -0.1) is 0 Å². The summed E-state index contributed by atoms with van der Waals surface area (Å²) in [6.07, 6.45) is -1.31. The quantitative estimate of drug-likeness (QED) is 0.502. The Balaban J connectivity index is 2.29. The van der Waals surface area contributed by atoms with E-state index in [9.17, 15) is 18.4 Å². The Morgan fingerprint density at radius 3 is 2.60 bits per heavy atom. The van der Waals surface area contributed by atoms with Crippen LogP contribution < -0.4 is 0 Å². The maximum atomic E-state index is 11.7. The van der Waals surface area contributed by atoms with Gasteiger partial charge in [-0.1, -0.05) is 0 Å². The van der Waals surface area contributed by atoms with Crippen molar-refractivity contribution < 1.29 is 23.1 Å². The first kappa shape index (κ1) is 11.8. The lowest BCUT2D eigenvalue weighted by Crippen LogP contribution is -2.34. The van der Waals surface area contributed by atoms with Gasteiger partial charge >= 0.3 is 0 Å². The first-order valence-corrected chi connectivity index (χ1v) is 4.42. The summed E-state index contributed by atoms with van der Waals surface area (Å²) in [5.74, 6) is -0.807. The van der Waals surface area contributed by atoms with Gasteiger partial charge in [0.25, 0.3) is 18.2 Å². The first-order chi connectivity index (χ1) is 7.02. The second kappa shape index (κ2) is 4.97. The fourth-order valence-electron chi connectivity index (χ4n) is 1.18. The van der Waals surface area contributed by atoms with Crippen LogP contribution in [-0.2, 0) is 14.3 Å². The van der Waals surface area contributed by atoms with Crippen molar-refractivity contribution >= 4 is 11.8 Å². The van der Waals surface area contributed by atoms with Gasteiger partial charge in [0.05, 0.1) is 13.2 Å². The number of ether oxygens (including phenoxy) is 1. The van der Waals surface area contributed by atoms with Crippen molar-refractivity contribution in [2.24, 2.45) is 0 Å². The normalized spacial score (nSPS) is 16.5. The van der Waals surface area contributed by atoms with Crippen LogP contribution in [0.25, 0.3) is 0 Å². The van der Waals surface area contributed by atoms with E-state index in [4.69, 9.17) is 0 Å². The van der Waals surface area contributed by atoms with E-state index in [2.05, 4.69) is 4.74 Å². The molecule has 6 heteroatoms. The Labute approximate surface area is 85.5 Å². The summed E-state index contributed by atoms with van der Waals surface area (Å²) in [5, 5.41) is 0. The summed E-state index contributed by atoms with van der Waals surface area (Å²) >= 11 is 0. The van der Waals surface area contributed by atoms with Gasteiger partial charge in [0.1, 0.15) is 6.61 Å². The molecular formula is C9H11F2NO3. The molecule has 4 nitrogen and oxygen atoms in total. The van der Waals surface area contributed by atoms with E-state index in [-0.39, 0.29) is 19.1 Å². The number of carbonyl (C=O) groups excluding carboxylic acids is 2. The first-order valence-electron chi connectivity index (χ1n) is 4.42. The number of rotatable bonds is 5. The molecule has 0 fully saturated rings. The molecule has 0 saturated carbocycles. The molecular weight excluding hydrogens is 208 g/mol. The van der Waals surface area contributed by atoms with Crippen molar-refractivity contribution in [3.63, 3.8) is 0 Å². The predicted octanol–water partition coefficient (Wildman–Crippen LogP) is 0.583. The van der Waals surface area contributed by atoms with Gasteiger partial charge < -0.3 is 4.74 Å². The van der Waals surface area contributed by atoms with Crippen LogP contribution in [0.4, 0.5) is 8.78 Å². The van der Waals surface area contributed by atoms with E-state index in [1.807, 2.05) is 0 Å². The van der Waals surface area contributed by atoms with Crippen LogP contribution in [0.3, 0.4) is 0 Å². The van der Waals surface area contributed by atoms with Crippen LogP contribution in [0, 0.1) is 0 Å². The standard InChI is InChI=1S/C9H11F2NO3/c1-6-4-8(13)12(9(6)14)2-3-15-5-7(10)11/h4,7H,2-3,5H2,1H3. The van der Waals surface area contributed by atoms with E-state index in [0.717, 1.165) is 4.90 Å².